The van der Waals surface area contributed by atoms with E-state index in [4.69, 9.17) is 5.73 Å². The number of halogens is 4. The van der Waals surface area contributed by atoms with Gasteiger partial charge < -0.3 is 10.6 Å². The van der Waals surface area contributed by atoms with Gasteiger partial charge in [-0.25, -0.2) is 0 Å². The fourth-order valence-electron chi connectivity index (χ4n) is 1.38. The van der Waals surface area contributed by atoms with E-state index in [1.807, 2.05) is 6.07 Å². The van der Waals surface area contributed by atoms with Gasteiger partial charge in [0.2, 0.25) is 0 Å². The third-order valence-electron chi connectivity index (χ3n) is 2.29. The largest absolute Gasteiger partial charge is 0.399 e. The monoisotopic (exact) mass is 310 g/mol. The molecule has 0 aliphatic carbocycles. The number of benzene rings is 1. The average molecular weight is 311 g/mol. The van der Waals surface area contributed by atoms with Crippen molar-refractivity contribution in [2.45, 2.75) is 19.1 Å². The van der Waals surface area contributed by atoms with E-state index in [9.17, 15) is 13.2 Å². The van der Waals surface area contributed by atoms with Crippen molar-refractivity contribution in [3.05, 3.63) is 28.2 Å². The molecule has 0 spiro atoms. The summed E-state index contributed by atoms with van der Waals surface area (Å²) in [5.41, 5.74) is 7.13. The quantitative estimate of drug-likeness (QED) is 0.864. The highest BCUT2D eigenvalue weighted by Gasteiger charge is 2.27. The minimum atomic E-state index is -4.10. The first-order valence-corrected chi connectivity index (χ1v) is 5.86. The van der Waals surface area contributed by atoms with Gasteiger partial charge in [-0.2, -0.15) is 13.2 Å². The molecule has 0 atom stereocenters. The van der Waals surface area contributed by atoms with Crippen LogP contribution in [0.3, 0.4) is 0 Å². The molecule has 1 rings (SSSR count). The Morgan fingerprint density at radius 1 is 1.35 bits per heavy atom. The minimum absolute atomic E-state index is 0.0136. The second-order valence-corrected chi connectivity index (χ2v) is 4.81. The molecule has 0 fully saturated rings. The lowest BCUT2D eigenvalue weighted by Gasteiger charge is -2.18. The summed E-state index contributed by atoms with van der Waals surface area (Å²) in [5.74, 6) is 0. The van der Waals surface area contributed by atoms with Crippen LogP contribution in [0.25, 0.3) is 0 Å². The number of alkyl halides is 3. The van der Waals surface area contributed by atoms with Gasteiger partial charge in [-0.15, -0.1) is 0 Å². The first-order chi connectivity index (χ1) is 7.78. The molecule has 2 N–H and O–H groups in total. The van der Waals surface area contributed by atoms with E-state index in [0.717, 1.165) is 10.0 Å². The summed E-state index contributed by atoms with van der Waals surface area (Å²) >= 11 is 3.34. The highest BCUT2D eigenvalue weighted by molar-refractivity contribution is 9.10. The molecule has 0 aliphatic heterocycles. The van der Waals surface area contributed by atoms with Crippen molar-refractivity contribution in [3.8, 4) is 0 Å². The highest BCUT2D eigenvalue weighted by atomic mass is 79.9. The van der Waals surface area contributed by atoms with Crippen LogP contribution >= 0.6 is 15.9 Å². The summed E-state index contributed by atoms with van der Waals surface area (Å²) in [7, 11) is 1.66. The molecule has 0 unspecified atom stereocenters. The molecule has 17 heavy (non-hydrogen) atoms. The van der Waals surface area contributed by atoms with Crippen LogP contribution in [-0.2, 0) is 6.54 Å². The maximum Gasteiger partial charge on any atom is 0.390 e. The molecule has 0 saturated carbocycles. The SMILES string of the molecule is CN(CCC(F)(F)F)Cc1ccc(N)cc1Br. The Morgan fingerprint density at radius 3 is 2.53 bits per heavy atom. The van der Waals surface area contributed by atoms with Gasteiger partial charge in [-0.3, -0.25) is 0 Å². The van der Waals surface area contributed by atoms with Crippen LogP contribution in [0.1, 0.15) is 12.0 Å². The van der Waals surface area contributed by atoms with Gasteiger partial charge in [0.25, 0.3) is 0 Å². The molecular weight excluding hydrogens is 297 g/mol. The number of rotatable bonds is 4. The van der Waals surface area contributed by atoms with Crippen LogP contribution in [0.5, 0.6) is 0 Å². The highest BCUT2D eigenvalue weighted by Crippen LogP contribution is 2.23. The van der Waals surface area contributed by atoms with Gasteiger partial charge in [0, 0.05) is 23.2 Å². The zero-order chi connectivity index (χ0) is 13.1. The van der Waals surface area contributed by atoms with E-state index in [1.54, 1.807) is 24.1 Å². The van der Waals surface area contributed by atoms with Gasteiger partial charge in [0.15, 0.2) is 0 Å². The second kappa shape index (κ2) is 5.73. The molecule has 0 heterocycles. The Kier molecular flexibility index (Phi) is 4.82. The van der Waals surface area contributed by atoms with Crippen molar-refractivity contribution in [2.75, 3.05) is 19.3 Å². The van der Waals surface area contributed by atoms with E-state index in [-0.39, 0.29) is 6.54 Å². The van der Waals surface area contributed by atoms with Crippen LogP contribution in [0.15, 0.2) is 22.7 Å². The normalized spacial score (nSPS) is 12.1. The molecule has 0 aromatic heterocycles. The number of nitrogens with two attached hydrogens (primary N) is 1. The Morgan fingerprint density at radius 2 is 2.00 bits per heavy atom. The molecule has 0 radical (unpaired) electrons. The predicted molar refractivity (Wildman–Crippen MR) is 65.6 cm³/mol. The summed E-state index contributed by atoms with van der Waals surface area (Å²) in [4.78, 5) is 1.63. The van der Waals surface area contributed by atoms with Crippen LogP contribution in [0.2, 0.25) is 0 Å². The Labute approximate surface area is 107 Å². The summed E-state index contributed by atoms with van der Waals surface area (Å²) in [6.07, 6.45) is -4.90. The van der Waals surface area contributed by atoms with Crippen molar-refractivity contribution in [3.63, 3.8) is 0 Å². The lowest BCUT2D eigenvalue weighted by Crippen LogP contribution is -2.24. The molecule has 6 heteroatoms. The maximum absolute atomic E-state index is 12.0. The summed E-state index contributed by atoms with van der Waals surface area (Å²) < 4.78 is 36.9. The zero-order valence-corrected chi connectivity index (χ0v) is 11.0. The smallest absolute Gasteiger partial charge is 0.390 e. The second-order valence-electron chi connectivity index (χ2n) is 3.95. The first-order valence-electron chi connectivity index (χ1n) is 5.07. The standard InChI is InChI=1S/C11H14BrF3N2/c1-17(5-4-11(13,14)15)7-8-2-3-9(16)6-10(8)12/h2-3,6H,4-5,7,16H2,1H3. The van der Waals surface area contributed by atoms with Gasteiger partial charge in [0.1, 0.15) is 0 Å². The Bertz CT molecular complexity index is 379. The maximum atomic E-state index is 12.0. The molecule has 96 valence electrons. The van der Waals surface area contributed by atoms with Gasteiger partial charge in [0.05, 0.1) is 6.42 Å². The summed E-state index contributed by atoms with van der Waals surface area (Å²) in [5, 5.41) is 0. The number of anilines is 1. The molecule has 0 saturated heterocycles. The molecule has 2 nitrogen and oxygen atoms in total. The molecule has 1 aromatic carbocycles. The van der Waals surface area contributed by atoms with Gasteiger partial charge >= 0.3 is 6.18 Å². The Hall–Kier alpha value is -0.750. The van der Waals surface area contributed by atoms with Crippen molar-refractivity contribution in [2.24, 2.45) is 0 Å². The first kappa shape index (κ1) is 14.3. The van der Waals surface area contributed by atoms with Crippen molar-refractivity contribution in [1.29, 1.82) is 0 Å². The van der Waals surface area contributed by atoms with E-state index >= 15 is 0 Å². The summed E-state index contributed by atoms with van der Waals surface area (Å²) in [6.45, 7) is 0.442. The fourth-order valence-corrected chi connectivity index (χ4v) is 1.90. The van der Waals surface area contributed by atoms with E-state index in [1.165, 1.54) is 0 Å². The number of hydrogen-bond donors (Lipinski definition) is 1. The van der Waals surface area contributed by atoms with E-state index < -0.39 is 12.6 Å². The van der Waals surface area contributed by atoms with E-state index in [0.29, 0.717) is 12.2 Å². The Balaban J connectivity index is 2.53. The van der Waals surface area contributed by atoms with Crippen LogP contribution in [0.4, 0.5) is 18.9 Å². The molecular formula is C11H14BrF3N2. The number of nitrogen functional groups attached to an aromatic ring is 1. The van der Waals surface area contributed by atoms with Crippen molar-refractivity contribution in [1.82, 2.24) is 4.90 Å². The summed E-state index contributed by atoms with van der Waals surface area (Å²) in [6, 6.07) is 5.29. The molecule has 0 aliphatic rings. The van der Waals surface area contributed by atoms with Crippen molar-refractivity contribution < 1.29 is 13.2 Å². The van der Waals surface area contributed by atoms with Crippen LogP contribution < -0.4 is 5.73 Å². The number of nitrogens with zero attached hydrogens (tertiary/aromatic N) is 1. The number of hydrogen-bond acceptors (Lipinski definition) is 2. The zero-order valence-electron chi connectivity index (χ0n) is 9.39. The third-order valence-corrected chi connectivity index (χ3v) is 3.03. The van der Waals surface area contributed by atoms with Gasteiger partial charge in [-0.05, 0) is 24.7 Å². The van der Waals surface area contributed by atoms with Crippen molar-refractivity contribution >= 4 is 21.6 Å². The molecule has 0 amide bonds. The minimum Gasteiger partial charge on any atom is -0.399 e. The average Bonchev–Trinajstić information content (AvgIpc) is 2.18. The topological polar surface area (TPSA) is 29.3 Å². The van der Waals surface area contributed by atoms with Gasteiger partial charge in [-0.1, -0.05) is 22.0 Å². The molecule has 0 bridgehead atoms. The van der Waals surface area contributed by atoms with E-state index in [2.05, 4.69) is 15.9 Å². The third kappa shape index (κ3) is 5.41. The lowest BCUT2D eigenvalue weighted by atomic mass is 10.2. The lowest BCUT2D eigenvalue weighted by molar-refractivity contribution is -0.137. The molecule has 1 aromatic rings. The fraction of sp³-hybridized carbons (Fsp3) is 0.455. The van der Waals surface area contributed by atoms with Crippen LogP contribution in [0, 0.1) is 0 Å². The van der Waals surface area contributed by atoms with Crippen LogP contribution in [-0.4, -0.2) is 24.7 Å². The predicted octanol–water partition coefficient (Wildman–Crippen LogP) is 3.42.